The standard InChI is InChI=1S/C22H24N2O3S/c1-26-12-11-24(22(25)17-9-10-17)13-18-15-28-21(23-18)14-27-20-8-4-6-16-5-2-3-7-19(16)20/h2-8,15,17H,9-14H2,1H3. The zero-order valence-corrected chi connectivity index (χ0v) is 16.8. The number of amides is 1. The van der Waals surface area contributed by atoms with Gasteiger partial charge in [-0.3, -0.25) is 4.79 Å². The van der Waals surface area contributed by atoms with Crippen LogP contribution in [-0.2, 0) is 22.7 Å². The first-order valence-electron chi connectivity index (χ1n) is 9.56. The first-order valence-corrected chi connectivity index (χ1v) is 10.4. The van der Waals surface area contributed by atoms with Crippen molar-refractivity contribution in [2.75, 3.05) is 20.3 Å². The molecule has 1 aliphatic rings. The molecule has 0 N–H and O–H groups in total. The van der Waals surface area contributed by atoms with Crippen LogP contribution in [0, 0.1) is 5.92 Å². The van der Waals surface area contributed by atoms with Crippen LogP contribution in [0.5, 0.6) is 5.75 Å². The molecule has 0 aliphatic heterocycles. The average Bonchev–Trinajstić information content (AvgIpc) is 3.48. The second-order valence-corrected chi connectivity index (χ2v) is 7.97. The molecule has 0 bridgehead atoms. The fourth-order valence-electron chi connectivity index (χ4n) is 3.20. The predicted octanol–water partition coefficient (Wildman–Crippen LogP) is 4.26. The summed E-state index contributed by atoms with van der Waals surface area (Å²) >= 11 is 1.57. The maximum absolute atomic E-state index is 12.5. The van der Waals surface area contributed by atoms with Crippen molar-refractivity contribution in [1.29, 1.82) is 0 Å². The number of methoxy groups -OCH3 is 1. The molecule has 0 spiro atoms. The lowest BCUT2D eigenvalue weighted by Crippen LogP contribution is -2.34. The highest BCUT2D eigenvalue weighted by molar-refractivity contribution is 7.09. The maximum Gasteiger partial charge on any atom is 0.226 e. The molecule has 6 heteroatoms. The van der Waals surface area contributed by atoms with Gasteiger partial charge >= 0.3 is 0 Å². The van der Waals surface area contributed by atoms with Crippen molar-refractivity contribution in [3.8, 4) is 5.75 Å². The van der Waals surface area contributed by atoms with Gasteiger partial charge in [0.2, 0.25) is 5.91 Å². The quantitative estimate of drug-likeness (QED) is 0.542. The van der Waals surface area contributed by atoms with Crippen LogP contribution in [0.1, 0.15) is 23.5 Å². The van der Waals surface area contributed by atoms with Crippen molar-refractivity contribution in [3.63, 3.8) is 0 Å². The molecule has 28 heavy (non-hydrogen) atoms. The lowest BCUT2D eigenvalue weighted by Gasteiger charge is -2.21. The van der Waals surface area contributed by atoms with E-state index in [1.54, 1.807) is 18.4 Å². The van der Waals surface area contributed by atoms with Crippen molar-refractivity contribution >= 4 is 28.0 Å². The molecule has 1 heterocycles. The SMILES string of the molecule is COCCN(Cc1csc(COc2cccc3ccccc23)n1)C(=O)C1CC1. The van der Waals surface area contributed by atoms with E-state index < -0.39 is 0 Å². The summed E-state index contributed by atoms with van der Waals surface area (Å²) in [6.45, 7) is 2.10. The lowest BCUT2D eigenvalue weighted by atomic mass is 10.1. The Morgan fingerprint density at radius 1 is 1.21 bits per heavy atom. The third-order valence-corrected chi connectivity index (χ3v) is 5.73. The van der Waals surface area contributed by atoms with Gasteiger partial charge in [0.1, 0.15) is 17.4 Å². The van der Waals surface area contributed by atoms with E-state index in [4.69, 9.17) is 9.47 Å². The fourth-order valence-corrected chi connectivity index (χ4v) is 3.90. The molecule has 0 radical (unpaired) electrons. The molecule has 3 aromatic rings. The van der Waals surface area contributed by atoms with Crippen LogP contribution in [0.4, 0.5) is 0 Å². The largest absolute Gasteiger partial charge is 0.486 e. The molecule has 0 saturated heterocycles. The van der Waals surface area contributed by atoms with Gasteiger partial charge < -0.3 is 14.4 Å². The molecule has 5 nitrogen and oxygen atoms in total. The molecule has 0 atom stereocenters. The molecule has 1 amide bonds. The molecule has 2 aromatic carbocycles. The van der Waals surface area contributed by atoms with Gasteiger partial charge in [-0.05, 0) is 24.3 Å². The Morgan fingerprint density at radius 2 is 2.04 bits per heavy atom. The molecular weight excluding hydrogens is 372 g/mol. The van der Waals surface area contributed by atoms with E-state index in [9.17, 15) is 4.79 Å². The Balaban J connectivity index is 1.40. The third-order valence-electron chi connectivity index (χ3n) is 4.86. The van der Waals surface area contributed by atoms with Crippen molar-refractivity contribution in [3.05, 3.63) is 58.5 Å². The number of ether oxygens (including phenoxy) is 2. The predicted molar refractivity (Wildman–Crippen MR) is 110 cm³/mol. The van der Waals surface area contributed by atoms with Gasteiger partial charge in [0.25, 0.3) is 0 Å². The van der Waals surface area contributed by atoms with E-state index in [1.807, 2.05) is 34.5 Å². The van der Waals surface area contributed by atoms with E-state index in [2.05, 4.69) is 23.2 Å². The van der Waals surface area contributed by atoms with Crippen LogP contribution in [0.3, 0.4) is 0 Å². The molecule has 4 rings (SSSR count). The van der Waals surface area contributed by atoms with E-state index >= 15 is 0 Å². The summed E-state index contributed by atoms with van der Waals surface area (Å²) in [6, 6.07) is 14.2. The number of thiazole rings is 1. The van der Waals surface area contributed by atoms with Gasteiger partial charge in [0.05, 0.1) is 18.8 Å². The van der Waals surface area contributed by atoms with Crippen LogP contribution in [0.2, 0.25) is 0 Å². The Bertz CT molecular complexity index is 946. The molecule has 1 fully saturated rings. The minimum atomic E-state index is 0.199. The van der Waals surface area contributed by atoms with Gasteiger partial charge in [0.15, 0.2) is 0 Å². The Morgan fingerprint density at radius 3 is 2.86 bits per heavy atom. The molecule has 146 valence electrons. The smallest absolute Gasteiger partial charge is 0.226 e. The number of rotatable bonds is 9. The number of carbonyl (C=O) groups excluding carboxylic acids is 1. The van der Waals surface area contributed by atoms with Gasteiger partial charge in [-0.15, -0.1) is 11.3 Å². The first-order chi connectivity index (χ1) is 13.7. The van der Waals surface area contributed by atoms with Crippen LogP contribution in [0.25, 0.3) is 10.8 Å². The second-order valence-electron chi connectivity index (χ2n) is 7.03. The maximum atomic E-state index is 12.5. The van der Waals surface area contributed by atoms with Gasteiger partial charge in [-0.2, -0.15) is 0 Å². The van der Waals surface area contributed by atoms with Gasteiger partial charge in [0, 0.05) is 30.3 Å². The topological polar surface area (TPSA) is 51.7 Å². The summed E-state index contributed by atoms with van der Waals surface area (Å²) in [7, 11) is 1.66. The lowest BCUT2D eigenvalue weighted by molar-refractivity contribution is -0.133. The highest BCUT2D eigenvalue weighted by Crippen LogP contribution is 2.31. The highest BCUT2D eigenvalue weighted by Gasteiger charge is 2.33. The first kappa shape index (κ1) is 18.9. The summed E-state index contributed by atoms with van der Waals surface area (Å²) < 4.78 is 11.2. The summed E-state index contributed by atoms with van der Waals surface area (Å²) in [5, 5.41) is 5.19. The van der Waals surface area contributed by atoms with Crippen LogP contribution in [0.15, 0.2) is 47.8 Å². The van der Waals surface area contributed by atoms with Crippen LogP contribution in [-0.4, -0.2) is 36.1 Å². The monoisotopic (exact) mass is 396 g/mol. The normalized spacial score (nSPS) is 13.6. The number of hydrogen-bond acceptors (Lipinski definition) is 5. The van der Waals surface area contributed by atoms with Crippen molar-refractivity contribution in [2.24, 2.45) is 5.92 Å². The molecule has 1 aliphatic carbocycles. The zero-order chi connectivity index (χ0) is 19.3. The summed E-state index contributed by atoms with van der Waals surface area (Å²) in [5.74, 6) is 1.28. The number of benzene rings is 2. The van der Waals surface area contributed by atoms with E-state index in [0.29, 0.717) is 26.3 Å². The van der Waals surface area contributed by atoms with Crippen molar-refractivity contribution in [1.82, 2.24) is 9.88 Å². The molecular formula is C22H24N2O3S. The number of fused-ring (bicyclic) bond motifs is 1. The third kappa shape index (κ3) is 4.51. The highest BCUT2D eigenvalue weighted by atomic mass is 32.1. The fraction of sp³-hybridized carbons (Fsp3) is 0.364. The van der Waals surface area contributed by atoms with Crippen LogP contribution < -0.4 is 4.74 Å². The van der Waals surface area contributed by atoms with Gasteiger partial charge in [-0.1, -0.05) is 36.4 Å². The minimum absolute atomic E-state index is 0.199. The summed E-state index contributed by atoms with van der Waals surface area (Å²) in [4.78, 5) is 19.0. The van der Waals surface area contributed by atoms with E-state index in [0.717, 1.165) is 40.1 Å². The van der Waals surface area contributed by atoms with E-state index in [-0.39, 0.29) is 11.8 Å². The summed E-state index contributed by atoms with van der Waals surface area (Å²) in [6.07, 6.45) is 2.01. The zero-order valence-electron chi connectivity index (χ0n) is 16.0. The molecule has 0 unspecified atom stereocenters. The Labute approximate surface area is 168 Å². The molecule has 1 saturated carbocycles. The number of nitrogens with zero attached hydrogens (tertiary/aromatic N) is 2. The Kier molecular flexibility index (Phi) is 5.88. The van der Waals surface area contributed by atoms with Gasteiger partial charge in [-0.25, -0.2) is 4.98 Å². The Hall–Kier alpha value is -2.44. The summed E-state index contributed by atoms with van der Waals surface area (Å²) in [5.41, 5.74) is 0.909. The van der Waals surface area contributed by atoms with Crippen LogP contribution >= 0.6 is 11.3 Å². The van der Waals surface area contributed by atoms with E-state index in [1.165, 1.54) is 0 Å². The average molecular weight is 397 g/mol. The number of carbonyl (C=O) groups is 1. The second kappa shape index (κ2) is 8.71. The van der Waals surface area contributed by atoms with Crippen molar-refractivity contribution < 1.29 is 14.3 Å². The number of aromatic nitrogens is 1. The minimum Gasteiger partial charge on any atom is -0.486 e. The number of hydrogen-bond donors (Lipinski definition) is 0. The molecule has 1 aromatic heterocycles. The van der Waals surface area contributed by atoms with Crippen molar-refractivity contribution in [2.45, 2.75) is 26.0 Å².